The molecule has 1 aromatic rings. The molecule has 0 aromatic heterocycles. The van der Waals surface area contributed by atoms with Gasteiger partial charge in [0.1, 0.15) is 5.75 Å². The molecular weight excluding hydrogens is 334 g/mol. The van der Waals surface area contributed by atoms with E-state index in [0.29, 0.717) is 11.5 Å². The molecule has 0 bridgehead atoms. The number of methoxy groups -OCH3 is 1. The number of nitrogens with zero attached hydrogens (tertiary/aromatic N) is 1. The van der Waals surface area contributed by atoms with Gasteiger partial charge in [-0.05, 0) is 36.4 Å². The normalized spacial score (nSPS) is 21.8. The molecule has 3 rings (SSSR count). The van der Waals surface area contributed by atoms with Crippen molar-refractivity contribution in [2.75, 3.05) is 7.11 Å². The molecule has 1 heterocycles. The molecule has 0 fully saturated rings. The van der Waals surface area contributed by atoms with Crippen LogP contribution in [0.1, 0.15) is 5.56 Å². The standard InChI is InChI=1S/C16H12BrNO3/c1-20-13-7-6-11(17)8-10(13)9-15-16(19)18-12-4-2-3-5-14(12)21-15/h2-9,14H,1H3/b15-9-. The Morgan fingerprint density at radius 3 is 3.05 bits per heavy atom. The van der Waals surface area contributed by atoms with Gasteiger partial charge < -0.3 is 9.47 Å². The van der Waals surface area contributed by atoms with Crippen molar-refractivity contribution in [2.24, 2.45) is 4.99 Å². The molecule has 0 radical (unpaired) electrons. The molecule has 1 atom stereocenters. The zero-order chi connectivity index (χ0) is 14.8. The predicted molar refractivity (Wildman–Crippen MR) is 84.3 cm³/mol. The number of hydrogen-bond donors (Lipinski definition) is 0. The van der Waals surface area contributed by atoms with Gasteiger partial charge in [0.25, 0.3) is 0 Å². The van der Waals surface area contributed by atoms with Gasteiger partial charge in [-0.15, -0.1) is 0 Å². The second-order valence-electron chi connectivity index (χ2n) is 4.52. The van der Waals surface area contributed by atoms with Gasteiger partial charge in [0.05, 0.1) is 12.8 Å². The van der Waals surface area contributed by atoms with Gasteiger partial charge in [-0.25, -0.2) is 4.99 Å². The molecular formula is C16H12BrNO3. The summed E-state index contributed by atoms with van der Waals surface area (Å²) >= 11 is 3.40. The highest BCUT2D eigenvalue weighted by molar-refractivity contribution is 9.10. The van der Waals surface area contributed by atoms with Gasteiger partial charge in [-0.1, -0.05) is 28.1 Å². The van der Waals surface area contributed by atoms with Crippen LogP contribution in [0, 0.1) is 0 Å². The number of amides is 1. The molecule has 0 saturated carbocycles. The lowest BCUT2D eigenvalue weighted by atomic mass is 10.1. The minimum Gasteiger partial charge on any atom is -0.496 e. The maximum Gasteiger partial charge on any atom is 0.312 e. The van der Waals surface area contributed by atoms with Crippen LogP contribution in [0.4, 0.5) is 0 Å². The predicted octanol–water partition coefficient (Wildman–Crippen LogP) is 3.29. The fourth-order valence-corrected chi connectivity index (χ4v) is 2.51. The van der Waals surface area contributed by atoms with Crippen LogP contribution in [-0.2, 0) is 9.53 Å². The summed E-state index contributed by atoms with van der Waals surface area (Å²) in [4.78, 5) is 16.1. The number of rotatable bonds is 2. The smallest absolute Gasteiger partial charge is 0.312 e. The first-order valence-corrected chi connectivity index (χ1v) is 7.16. The van der Waals surface area contributed by atoms with Gasteiger partial charge in [0.2, 0.25) is 0 Å². The van der Waals surface area contributed by atoms with Crippen molar-refractivity contribution < 1.29 is 14.3 Å². The van der Waals surface area contributed by atoms with E-state index in [1.165, 1.54) is 0 Å². The van der Waals surface area contributed by atoms with Crippen LogP contribution in [0.2, 0.25) is 0 Å². The van der Waals surface area contributed by atoms with Gasteiger partial charge >= 0.3 is 5.91 Å². The monoisotopic (exact) mass is 345 g/mol. The highest BCUT2D eigenvalue weighted by atomic mass is 79.9. The van der Waals surface area contributed by atoms with Crippen molar-refractivity contribution >= 4 is 33.6 Å². The quantitative estimate of drug-likeness (QED) is 0.772. The molecule has 2 aliphatic rings. The number of halogens is 1. The Bertz CT molecular complexity index is 716. The van der Waals surface area contributed by atoms with Crippen LogP contribution >= 0.6 is 15.9 Å². The lowest BCUT2D eigenvalue weighted by Gasteiger charge is -2.23. The van der Waals surface area contributed by atoms with Crippen LogP contribution in [0.3, 0.4) is 0 Å². The summed E-state index contributed by atoms with van der Waals surface area (Å²) in [5.74, 6) is 0.485. The Morgan fingerprint density at radius 1 is 1.38 bits per heavy atom. The van der Waals surface area contributed by atoms with Crippen molar-refractivity contribution in [3.63, 3.8) is 0 Å². The van der Waals surface area contributed by atoms with Crippen molar-refractivity contribution in [2.45, 2.75) is 6.10 Å². The van der Waals surface area contributed by atoms with Crippen LogP contribution in [0.25, 0.3) is 6.08 Å². The van der Waals surface area contributed by atoms with E-state index in [9.17, 15) is 4.79 Å². The molecule has 1 aliphatic heterocycles. The SMILES string of the molecule is COc1ccc(Br)cc1/C=C1\OC2C=CC=CC2=NC1=O. The summed E-state index contributed by atoms with van der Waals surface area (Å²) in [6.07, 6.45) is 8.68. The Morgan fingerprint density at radius 2 is 2.24 bits per heavy atom. The summed E-state index contributed by atoms with van der Waals surface area (Å²) in [6, 6.07) is 5.55. The third-order valence-corrected chi connectivity index (χ3v) is 3.62. The first kappa shape index (κ1) is 13.8. The molecule has 1 aliphatic carbocycles. The Labute approximate surface area is 130 Å². The number of carbonyl (C=O) groups is 1. The second-order valence-corrected chi connectivity index (χ2v) is 5.43. The topological polar surface area (TPSA) is 47.9 Å². The summed E-state index contributed by atoms with van der Waals surface area (Å²) in [5, 5.41) is 0. The molecule has 1 aromatic carbocycles. The van der Waals surface area contributed by atoms with Crippen molar-refractivity contribution in [1.82, 2.24) is 0 Å². The molecule has 4 nitrogen and oxygen atoms in total. The van der Waals surface area contributed by atoms with Gasteiger partial charge in [-0.3, -0.25) is 4.79 Å². The van der Waals surface area contributed by atoms with Crippen molar-refractivity contribution in [3.8, 4) is 5.75 Å². The van der Waals surface area contributed by atoms with E-state index in [4.69, 9.17) is 9.47 Å². The largest absolute Gasteiger partial charge is 0.496 e. The number of allylic oxidation sites excluding steroid dienone is 2. The van der Waals surface area contributed by atoms with Crippen LogP contribution < -0.4 is 4.74 Å². The van der Waals surface area contributed by atoms with E-state index in [-0.39, 0.29) is 17.8 Å². The summed E-state index contributed by atoms with van der Waals surface area (Å²) < 4.78 is 11.9. The third kappa shape index (κ3) is 2.83. The van der Waals surface area contributed by atoms with Crippen LogP contribution in [-0.4, -0.2) is 24.8 Å². The van der Waals surface area contributed by atoms with E-state index in [0.717, 1.165) is 10.0 Å². The number of hydrogen-bond acceptors (Lipinski definition) is 3. The Hall–Kier alpha value is -2.14. The highest BCUT2D eigenvalue weighted by Gasteiger charge is 2.26. The number of ether oxygens (including phenoxy) is 2. The van der Waals surface area contributed by atoms with Gasteiger partial charge in [-0.2, -0.15) is 0 Å². The number of aliphatic imine (C=N–C) groups is 1. The average Bonchev–Trinajstić information content (AvgIpc) is 2.48. The zero-order valence-electron chi connectivity index (χ0n) is 11.2. The highest BCUT2D eigenvalue weighted by Crippen LogP contribution is 2.27. The molecule has 0 spiro atoms. The van der Waals surface area contributed by atoms with Gasteiger partial charge in [0, 0.05) is 10.0 Å². The van der Waals surface area contributed by atoms with E-state index in [1.54, 1.807) is 19.3 Å². The Balaban J connectivity index is 1.99. The van der Waals surface area contributed by atoms with Gasteiger partial charge in [0.15, 0.2) is 11.9 Å². The molecule has 21 heavy (non-hydrogen) atoms. The summed E-state index contributed by atoms with van der Waals surface area (Å²) in [5.41, 5.74) is 1.38. The zero-order valence-corrected chi connectivity index (χ0v) is 12.8. The summed E-state index contributed by atoms with van der Waals surface area (Å²) in [7, 11) is 1.58. The molecule has 1 amide bonds. The fraction of sp³-hybridized carbons (Fsp3) is 0.125. The molecule has 0 saturated heterocycles. The lowest BCUT2D eigenvalue weighted by molar-refractivity contribution is -0.118. The third-order valence-electron chi connectivity index (χ3n) is 3.13. The molecule has 1 unspecified atom stereocenters. The molecule has 106 valence electrons. The lowest BCUT2D eigenvalue weighted by Crippen LogP contribution is -2.29. The van der Waals surface area contributed by atoms with E-state index in [1.807, 2.05) is 36.4 Å². The van der Waals surface area contributed by atoms with E-state index >= 15 is 0 Å². The van der Waals surface area contributed by atoms with Crippen molar-refractivity contribution in [3.05, 3.63) is 58.3 Å². The number of carbonyl (C=O) groups excluding carboxylic acids is 1. The van der Waals surface area contributed by atoms with Crippen LogP contribution in [0.5, 0.6) is 5.75 Å². The van der Waals surface area contributed by atoms with Crippen LogP contribution in [0.15, 0.2) is 57.7 Å². The number of benzene rings is 1. The maximum absolute atomic E-state index is 12.0. The molecule has 5 heteroatoms. The summed E-state index contributed by atoms with van der Waals surface area (Å²) in [6.45, 7) is 0. The second kappa shape index (κ2) is 5.69. The van der Waals surface area contributed by atoms with Crippen molar-refractivity contribution in [1.29, 1.82) is 0 Å². The van der Waals surface area contributed by atoms with E-state index < -0.39 is 0 Å². The average molecular weight is 346 g/mol. The fourth-order valence-electron chi connectivity index (χ4n) is 2.13. The first-order chi connectivity index (χ1) is 10.2. The minimum absolute atomic E-state index is 0.208. The minimum atomic E-state index is -0.386. The first-order valence-electron chi connectivity index (χ1n) is 6.37. The van der Waals surface area contributed by atoms with E-state index in [2.05, 4.69) is 20.9 Å². The number of fused-ring (bicyclic) bond motifs is 1. The molecule has 0 N–H and O–H groups in total. The maximum atomic E-state index is 12.0. The Kier molecular flexibility index (Phi) is 3.75.